The summed E-state index contributed by atoms with van der Waals surface area (Å²) in [5.74, 6) is 0. The maximum atomic E-state index is 0. The average Bonchev–Trinajstić information content (AvgIpc) is 0. The van der Waals surface area contributed by atoms with Gasteiger partial charge < -0.3 is 5.71 Å². The fraction of sp³-hybridized carbons (Fsp3) is 0. The molecule has 1 radical (unpaired) electrons. The van der Waals surface area contributed by atoms with Crippen LogP contribution in [-0.2, 0) is 0 Å². The zero-order valence-electron chi connectivity index (χ0n) is 5.79. The Morgan fingerprint density at radius 1 is 1.25 bits per heavy atom. The van der Waals surface area contributed by atoms with Gasteiger partial charge in [-0.1, -0.05) is 0 Å². The molecule has 0 rings (SSSR count). The molecule has 0 amide bonds. The topological polar surface area (TPSA) is 0 Å². The second kappa shape index (κ2) is 15.7. The molecule has 0 atom stereocenters. The molecule has 4 heteroatoms. The Bertz CT molecular complexity index is 16.0. The maximum absolute atomic E-state index is 0. The Balaban J connectivity index is 0. The molecule has 0 bridgehead atoms. The third-order valence-electron chi connectivity index (χ3n) is 0. The minimum Gasteiger partial charge on any atom is -1.00 e. The monoisotopic (exact) mass is 455 g/mol. The van der Waals surface area contributed by atoms with Crippen molar-refractivity contribution in [3.63, 3.8) is 0 Å². The molecule has 0 saturated carbocycles. The van der Waals surface area contributed by atoms with Gasteiger partial charge in [0.1, 0.15) is 0 Å². The summed E-state index contributed by atoms with van der Waals surface area (Å²) in [4.78, 5) is 0. The van der Waals surface area contributed by atoms with Gasteiger partial charge in [-0.05, 0) is 0 Å². The number of hydrogen-bond donors (Lipinski definition) is 0. The van der Waals surface area contributed by atoms with Crippen LogP contribution in [0.2, 0.25) is 0 Å². The third-order valence-corrected chi connectivity index (χ3v) is 0. The number of rotatable bonds is 0. The molecule has 0 aromatic heterocycles. The first-order valence-electron chi connectivity index (χ1n) is 0. The Kier molecular flexibility index (Phi) is 89.8. The molecule has 0 nitrogen and oxygen atoms in total. The molecule has 0 N–H and O–H groups in total. The predicted octanol–water partition coefficient (Wildman–Crippen LogP) is -1.50. The van der Waals surface area contributed by atoms with Crippen molar-refractivity contribution in [1.82, 2.24) is 0 Å². The second-order valence-corrected chi connectivity index (χ2v) is 0. The van der Waals surface area contributed by atoms with Crippen LogP contribution < -0.4 is 0 Å². The summed E-state index contributed by atoms with van der Waals surface area (Å²) in [6.45, 7) is 0. The van der Waals surface area contributed by atoms with Gasteiger partial charge in [-0.15, -0.1) is 0 Å². The van der Waals surface area contributed by atoms with Crippen LogP contribution in [0.5, 0.6) is 0 Å². The molecule has 0 fully saturated rings. The van der Waals surface area contributed by atoms with E-state index in [-0.39, 0.29) is 169 Å². The summed E-state index contributed by atoms with van der Waals surface area (Å²) < 4.78 is 0. The normalized spacial score (nSPS) is 0. The van der Waals surface area contributed by atoms with Crippen molar-refractivity contribution >= 4 is 114 Å². The summed E-state index contributed by atoms with van der Waals surface area (Å²) in [5.41, 5.74) is 0. The molecular formula is H7BaEuGaSr. The van der Waals surface area contributed by atoms with Gasteiger partial charge in [0.2, 0.25) is 0 Å². The third kappa shape index (κ3) is 10.3. The SMILES string of the molecule is [Ba+2].[Eu].[GaH3].[H-].[H-].[H-].[H-].[Sr+2]. The van der Waals surface area contributed by atoms with Crippen LogP contribution in [0.3, 0.4) is 0 Å². The Hall–Kier alpha value is 5.27. The molecule has 0 aliphatic heterocycles. The van der Waals surface area contributed by atoms with Crippen molar-refractivity contribution in [2.75, 3.05) is 0 Å². The van der Waals surface area contributed by atoms with E-state index in [0.29, 0.717) is 0 Å². The standard InChI is InChI=1S/Ba.Eu.Ga.Sr.7H/q+2;;;+2;;;;4*-1. The van der Waals surface area contributed by atoms with Crippen LogP contribution in [0.1, 0.15) is 5.71 Å². The average molecular weight is 454 g/mol. The van der Waals surface area contributed by atoms with Crippen LogP contribution in [0, 0.1) is 49.4 Å². The molecule has 0 aliphatic carbocycles. The van der Waals surface area contributed by atoms with E-state index < -0.39 is 0 Å². The molecule has 0 unspecified atom stereocenters. The largest absolute Gasteiger partial charge is 2.00 e. The van der Waals surface area contributed by atoms with E-state index in [1.54, 1.807) is 0 Å². The van der Waals surface area contributed by atoms with Crippen molar-refractivity contribution in [1.29, 1.82) is 0 Å². The first-order valence-corrected chi connectivity index (χ1v) is 0. The Morgan fingerprint density at radius 2 is 1.25 bits per heavy atom. The van der Waals surface area contributed by atoms with E-state index in [4.69, 9.17) is 0 Å². The van der Waals surface area contributed by atoms with E-state index in [1.807, 2.05) is 0 Å². The van der Waals surface area contributed by atoms with Gasteiger partial charge in [0.05, 0.1) is 0 Å². The van der Waals surface area contributed by atoms with Crippen molar-refractivity contribution in [2.24, 2.45) is 0 Å². The first kappa shape index (κ1) is 22.8. The van der Waals surface area contributed by atoms with Crippen molar-refractivity contribution in [3.8, 4) is 0 Å². The molecule has 0 aliphatic rings. The second-order valence-electron chi connectivity index (χ2n) is 0. The van der Waals surface area contributed by atoms with Gasteiger partial charge in [0.15, 0.2) is 0 Å². The van der Waals surface area contributed by atoms with Crippen molar-refractivity contribution < 1.29 is 55.1 Å². The molecule has 0 aromatic carbocycles. The Morgan fingerprint density at radius 3 is 1.25 bits per heavy atom. The van der Waals surface area contributed by atoms with Gasteiger partial charge >= 0.3 is 114 Å². The fourth-order valence-corrected chi connectivity index (χ4v) is 0. The van der Waals surface area contributed by atoms with Crippen LogP contribution in [0.4, 0.5) is 0 Å². The molecule has 0 spiro atoms. The molecular weight excluding hydrogens is 447 g/mol. The molecule has 0 aromatic rings. The predicted molar refractivity (Wildman–Crippen MR) is 25.9 cm³/mol. The quantitative estimate of drug-likeness (QED) is 0.392. The van der Waals surface area contributed by atoms with Gasteiger partial charge in [-0.2, -0.15) is 0 Å². The van der Waals surface area contributed by atoms with E-state index in [9.17, 15) is 0 Å². The van der Waals surface area contributed by atoms with Crippen molar-refractivity contribution in [2.45, 2.75) is 0 Å². The van der Waals surface area contributed by atoms with Crippen LogP contribution in [-0.4, -0.2) is 114 Å². The summed E-state index contributed by atoms with van der Waals surface area (Å²) in [6.07, 6.45) is 0. The Labute approximate surface area is 163 Å². The summed E-state index contributed by atoms with van der Waals surface area (Å²) >= 11 is 0. The zero-order chi connectivity index (χ0) is 0. The fourth-order valence-electron chi connectivity index (χ4n) is 0. The van der Waals surface area contributed by atoms with E-state index >= 15 is 0 Å². The first-order chi connectivity index (χ1) is 0. The van der Waals surface area contributed by atoms with Gasteiger partial charge in [-0.3, -0.25) is 0 Å². The smallest absolute Gasteiger partial charge is 1.00 e. The molecule has 21 valence electrons. The van der Waals surface area contributed by atoms with E-state index in [1.165, 1.54) is 0 Å². The van der Waals surface area contributed by atoms with Gasteiger partial charge in [0.25, 0.3) is 0 Å². The minimum atomic E-state index is 0. The van der Waals surface area contributed by atoms with Crippen LogP contribution >= 0.6 is 0 Å². The van der Waals surface area contributed by atoms with Crippen LogP contribution in [0.25, 0.3) is 0 Å². The molecule has 4 heavy (non-hydrogen) atoms. The molecule has 0 saturated heterocycles. The van der Waals surface area contributed by atoms with Crippen LogP contribution in [0.15, 0.2) is 0 Å². The minimum absolute atomic E-state index is 0. The maximum Gasteiger partial charge on any atom is 2.00 e. The summed E-state index contributed by atoms with van der Waals surface area (Å²) in [6, 6.07) is 0. The van der Waals surface area contributed by atoms with E-state index in [0.717, 1.165) is 0 Å². The molecule has 0 heterocycles. The summed E-state index contributed by atoms with van der Waals surface area (Å²) in [7, 11) is 0. The van der Waals surface area contributed by atoms with Crippen molar-refractivity contribution in [3.05, 3.63) is 0 Å². The zero-order valence-corrected chi connectivity index (χ0v) is 12.1. The van der Waals surface area contributed by atoms with E-state index in [2.05, 4.69) is 0 Å². The van der Waals surface area contributed by atoms with Gasteiger partial charge in [0, 0.05) is 49.4 Å². The summed E-state index contributed by atoms with van der Waals surface area (Å²) in [5, 5.41) is 0. The number of hydrogen-bond acceptors (Lipinski definition) is 0. The van der Waals surface area contributed by atoms with Gasteiger partial charge in [-0.25, -0.2) is 0 Å².